The minimum Gasteiger partial charge on any atom is -0.396 e. The van der Waals surface area contributed by atoms with Crippen molar-refractivity contribution in [1.82, 2.24) is 0 Å². The van der Waals surface area contributed by atoms with Gasteiger partial charge in [-0.2, -0.15) is 0 Å². The molecule has 2 heteroatoms. The first-order valence-electron chi connectivity index (χ1n) is 4.51. The average Bonchev–Trinajstić information content (AvgIpc) is 1.85. The maximum absolute atomic E-state index is 9.04. The normalized spacial score (nSPS) is 45.8. The van der Waals surface area contributed by atoms with Gasteiger partial charge in [0.2, 0.25) is 0 Å². The first-order valence-corrected chi connectivity index (χ1v) is 4.51. The van der Waals surface area contributed by atoms with E-state index in [1.54, 1.807) is 0 Å². The first kappa shape index (κ1) is 9.01. The molecule has 0 spiro atoms. The zero-order valence-corrected chi connectivity index (χ0v) is 7.46. The summed E-state index contributed by atoms with van der Waals surface area (Å²) in [7, 11) is 0. The fraction of sp³-hybridized carbons (Fsp3) is 1.00. The van der Waals surface area contributed by atoms with Crippen LogP contribution >= 0.6 is 0 Å². The second-order valence-electron chi connectivity index (χ2n) is 4.06. The van der Waals surface area contributed by atoms with Gasteiger partial charge < -0.3 is 10.8 Å². The third-order valence-electron chi connectivity index (χ3n) is 2.94. The Labute approximate surface area is 68.8 Å². The Hall–Kier alpha value is -0.0800. The van der Waals surface area contributed by atoms with E-state index >= 15 is 0 Å². The molecule has 1 rings (SSSR count). The smallest absolute Gasteiger partial charge is 0.0476 e. The highest BCUT2D eigenvalue weighted by atomic mass is 16.3. The second kappa shape index (κ2) is 3.55. The zero-order chi connectivity index (χ0) is 8.43. The summed E-state index contributed by atoms with van der Waals surface area (Å²) < 4.78 is 0. The highest BCUT2D eigenvalue weighted by Gasteiger charge is 2.30. The molecule has 0 radical (unpaired) electrons. The van der Waals surface area contributed by atoms with E-state index in [-0.39, 0.29) is 12.6 Å². The van der Waals surface area contributed by atoms with E-state index in [0.717, 1.165) is 12.3 Å². The standard InChI is InChI=1S/C9H19NO/c1-6-3-7(2)8(5-11)9(10)4-6/h6-9,11H,3-5,10H2,1-2H3. The van der Waals surface area contributed by atoms with Crippen molar-refractivity contribution in [3.05, 3.63) is 0 Å². The summed E-state index contributed by atoms with van der Waals surface area (Å²) in [5.41, 5.74) is 5.91. The summed E-state index contributed by atoms with van der Waals surface area (Å²) in [4.78, 5) is 0. The van der Waals surface area contributed by atoms with Crippen molar-refractivity contribution in [3.8, 4) is 0 Å². The molecule has 0 saturated heterocycles. The Morgan fingerprint density at radius 3 is 2.45 bits per heavy atom. The molecular weight excluding hydrogens is 138 g/mol. The van der Waals surface area contributed by atoms with Crippen LogP contribution in [0, 0.1) is 17.8 Å². The molecule has 0 aromatic heterocycles. The van der Waals surface area contributed by atoms with Crippen molar-refractivity contribution in [2.24, 2.45) is 23.5 Å². The minimum atomic E-state index is 0.221. The first-order chi connectivity index (χ1) is 5.15. The molecule has 3 N–H and O–H groups in total. The van der Waals surface area contributed by atoms with Gasteiger partial charge in [-0.15, -0.1) is 0 Å². The summed E-state index contributed by atoms with van der Waals surface area (Å²) in [5, 5.41) is 9.04. The van der Waals surface area contributed by atoms with E-state index in [4.69, 9.17) is 10.8 Å². The van der Waals surface area contributed by atoms with E-state index in [1.165, 1.54) is 6.42 Å². The topological polar surface area (TPSA) is 46.2 Å². The van der Waals surface area contributed by atoms with Crippen LogP contribution in [-0.2, 0) is 0 Å². The molecule has 1 aliphatic rings. The zero-order valence-electron chi connectivity index (χ0n) is 7.46. The molecule has 0 heterocycles. The Balaban J connectivity index is 2.52. The van der Waals surface area contributed by atoms with Crippen molar-refractivity contribution in [2.45, 2.75) is 32.7 Å². The number of rotatable bonds is 1. The molecular formula is C9H19NO. The molecule has 0 bridgehead atoms. The van der Waals surface area contributed by atoms with Gasteiger partial charge in [0, 0.05) is 12.6 Å². The van der Waals surface area contributed by atoms with Crippen LogP contribution in [0.3, 0.4) is 0 Å². The van der Waals surface area contributed by atoms with Gasteiger partial charge in [-0.25, -0.2) is 0 Å². The molecule has 0 amide bonds. The van der Waals surface area contributed by atoms with Crippen molar-refractivity contribution in [3.63, 3.8) is 0 Å². The SMILES string of the molecule is CC1CC(C)C(CO)C(N)C1. The Morgan fingerprint density at radius 2 is 2.00 bits per heavy atom. The third kappa shape index (κ3) is 1.94. The lowest BCUT2D eigenvalue weighted by Gasteiger charge is -2.36. The van der Waals surface area contributed by atoms with E-state index in [9.17, 15) is 0 Å². The summed E-state index contributed by atoms with van der Waals surface area (Å²) in [5.74, 6) is 1.67. The molecule has 1 fully saturated rings. The van der Waals surface area contributed by atoms with Crippen LogP contribution in [0.15, 0.2) is 0 Å². The van der Waals surface area contributed by atoms with Crippen molar-refractivity contribution < 1.29 is 5.11 Å². The number of nitrogens with two attached hydrogens (primary N) is 1. The number of hydrogen-bond donors (Lipinski definition) is 2. The van der Waals surface area contributed by atoms with E-state index in [1.807, 2.05) is 0 Å². The molecule has 1 saturated carbocycles. The summed E-state index contributed by atoms with van der Waals surface area (Å²) in [6.45, 7) is 4.69. The van der Waals surface area contributed by atoms with Gasteiger partial charge in [0.05, 0.1) is 0 Å². The molecule has 0 aliphatic heterocycles. The Morgan fingerprint density at radius 1 is 1.36 bits per heavy atom. The van der Waals surface area contributed by atoms with Crippen LogP contribution in [0.5, 0.6) is 0 Å². The Kier molecular flexibility index (Phi) is 2.90. The molecule has 1 aliphatic carbocycles. The molecule has 11 heavy (non-hydrogen) atoms. The predicted molar refractivity (Wildman–Crippen MR) is 46.1 cm³/mol. The third-order valence-corrected chi connectivity index (χ3v) is 2.94. The molecule has 4 atom stereocenters. The van der Waals surface area contributed by atoms with E-state index in [2.05, 4.69) is 13.8 Å². The number of aliphatic hydroxyl groups excluding tert-OH is 1. The van der Waals surface area contributed by atoms with Crippen LogP contribution in [0.1, 0.15) is 26.7 Å². The van der Waals surface area contributed by atoms with E-state index < -0.39 is 0 Å². The molecule has 0 aromatic carbocycles. The van der Waals surface area contributed by atoms with Gasteiger partial charge in [-0.1, -0.05) is 13.8 Å². The van der Waals surface area contributed by atoms with E-state index in [0.29, 0.717) is 11.8 Å². The van der Waals surface area contributed by atoms with Crippen LogP contribution in [-0.4, -0.2) is 17.8 Å². The van der Waals surface area contributed by atoms with Gasteiger partial charge in [0.1, 0.15) is 0 Å². The Bertz CT molecular complexity index is 115. The maximum Gasteiger partial charge on any atom is 0.0476 e. The second-order valence-corrected chi connectivity index (χ2v) is 4.06. The highest BCUT2D eigenvalue weighted by molar-refractivity contribution is 4.84. The van der Waals surface area contributed by atoms with Gasteiger partial charge >= 0.3 is 0 Å². The van der Waals surface area contributed by atoms with Crippen LogP contribution < -0.4 is 5.73 Å². The molecule has 2 nitrogen and oxygen atoms in total. The average molecular weight is 157 g/mol. The molecule has 4 unspecified atom stereocenters. The quantitative estimate of drug-likeness (QED) is 0.596. The lowest BCUT2D eigenvalue weighted by Crippen LogP contribution is -2.42. The molecule has 0 aromatic rings. The summed E-state index contributed by atoms with van der Waals surface area (Å²) in [6.07, 6.45) is 2.30. The lowest BCUT2D eigenvalue weighted by atomic mass is 9.73. The maximum atomic E-state index is 9.04. The van der Waals surface area contributed by atoms with Crippen molar-refractivity contribution in [2.75, 3.05) is 6.61 Å². The van der Waals surface area contributed by atoms with Gasteiger partial charge in [-0.05, 0) is 30.6 Å². The lowest BCUT2D eigenvalue weighted by molar-refractivity contribution is 0.102. The summed E-state index contributed by atoms with van der Waals surface area (Å²) in [6, 6.07) is 0.221. The van der Waals surface area contributed by atoms with Crippen LogP contribution in [0.25, 0.3) is 0 Å². The van der Waals surface area contributed by atoms with Gasteiger partial charge in [0.25, 0.3) is 0 Å². The van der Waals surface area contributed by atoms with Crippen LogP contribution in [0.2, 0.25) is 0 Å². The summed E-state index contributed by atoms with van der Waals surface area (Å²) >= 11 is 0. The van der Waals surface area contributed by atoms with Crippen molar-refractivity contribution >= 4 is 0 Å². The highest BCUT2D eigenvalue weighted by Crippen LogP contribution is 2.32. The minimum absolute atomic E-state index is 0.221. The number of aliphatic hydroxyl groups is 1. The van der Waals surface area contributed by atoms with Crippen LogP contribution in [0.4, 0.5) is 0 Å². The number of hydrogen-bond acceptors (Lipinski definition) is 2. The van der Waals surface area contributed by atoms with Gasteiger partial charge in [0.15, 0.2) is 0 Å². The largest absolute Gasteiger partial charge is 0.396 e. The predicted octanol–water partition coefficient (Wildman–Crippen LogP) is 0.988. The molecule has 66 valence electrons. The van der Waals surface area contributed by atoms with Crippen molar-refractivity contribution in [1.29, 1.82) is 0 Å². The fourth-order valence-electron chi connectivity index (χ4n) is 2.28. The van der Waals surface area contributed by atoms with Gasteiger partial charge in [-0.3, -0.25) is 0 Å². The fourth-order valence-corrected chi connectivity index (χ4v) is 2.28. The monoisotopic (exact) mass is 157 g/mol.